The van der Waals surface area contributed by atoms with E-state index in [4.69, 9.17) is 4.74 Å². The van der Waals surface area contributed by atoms with Crippen LogP contribution in [0.5, 0.6) is 5.75 Å². The average Bonchev–Trinajstić information content (AvgIpc) is 2.47. The molecule has 1 fully saturated rings. The molecule has 2 rings (SSSR count). The number of ether oxygens (including phenoxy) is 1. The van der Waals surface area contributed by atoms with Gasteiger partial charge in [0.1, 0.15) is 11.9 Å². The maximum absolute atomic E-state index is 9.31. The van der Waals surface area contributed by atoms with Crippen molar-refractivity contribution < 1.29 is 4.74 Å². The van der Waals surface area contributed by atoms with Gasteiger partial charge in [0.25, 0.3) is 0 Å². The molecule has 0 saturated heterocycles. The number of nitriles is 1. The lowest BCUT2D eigenvalue weighted by Crippen LogP contribution is -2.33. The van der Waals surface area contributed by atoms with Crippen LogP contribution in [0.4, 0.5) is 0 Å². The molecule has 0 spiro atoms. The zero-order chi connectivity index (χ0) is 14.5. The van der Waals surface area contributed by atoms with E-state index >= 15 is 0 Å². The van der Waals surface area contributed by atoms with Gasteiger partial charge in [-0.25, -0.2) is 0 Å². The quantitative estimate of drug-likeness (QED) is 0.779. The van der Waals surface area contributed by atoms with Gasteiger partial charge in [-0.1, -0.05) is 39.3 Å². The van der Waals surface area contributed by atoms with Crippen LogP contribution >= 0.6 is 0 Å². The Morgan fingerprint density at radius 2 is 2.15 bits per heavy atom. The van der Waals surface area contributed by atoms with Crippen LogP contribution in [-0.4, -0.2) is 6.10 Å². The molecule has 108 valence electrons. The van der Waals surface area contributed by atoms with E-state index in [9.17, 15) is 5.26 Å². The van der Waals surface area contributed by atoms with E-state index in [2.05, 4.69) is 39.0 Å². The van der Waals surface area contributed by atoms with E-state index in [-0.39, 0.29) is 12.0 Å². The van der Waals surface area contributed by atoms with Crippen molar-refractivity contribution in [3.05, 3.63) is 29.8 Å². The molecule has 1 aliphatic rings. The van der Waals surface area contributed by atoms with Crippen LogP contribution in [0.3, 0.4) is 0 Å². The number of rotatable bonds is 4. The molecule has 2 nitrogen and oxygen atoms in total. The van der Waals surface area contributed by atoms with Crippen LogP contribution < -0.4 is 4.74 Å². The monoisotopic (exact) mass is 271 g/mol. The molecule has 1 aromatic carbocycles. The summed E-state index contributed by atoms with van der Waals surface area (Å²) in [5.74, 6) is 2.16. The van der Waals surface area contributed by atoms with Gasteiger partial charge in [0.15, 0.2) is 0 Å². The number of hydrogen-bond acceptors (Lipinski definition) is 2. The van der Waals surface area contributed by atoms with E-state index in [1.807, 2.05) is 12.1 Å². The molecule has 20 heavy (non-hydrogen) atoms. The predicted molar refractivity (Wildman–Crippen MR) is 81.7 cm³/mol. The van der Waals surface area contributed by atoms with Crippen LogP contribution in [0.25, 0.3) is 0 Å². The Bertz CT molecular complexity index is 475. The van der Waals surface area contributed by atoms with E-state index < -0.39 is 0 Å². The summed E-state index contributed by atoms with van der Waals surface area (Å²) < 4.78 is 6.16. The summed E-state index contributed by atoms with van der Waals surface area (Å²) in [6.45, 7) is 6.60. The normalized spacial score (nSPS) is 26.2. The highest BCUT2D eigenvalue weighted by Crippen LogP contribution is 2.34. The third kappa shape index (κ3) is 3.54. The van der Waals surface area contributed by atoms with Gasteiger partial charge < -0.3 is 4.74 Å². The highest BCUT2D eigenvalue weighted by atomic mass is 16.5. The molecule has 0 bridgehead atoms. The fraction of sp³-hybridized carbons (Fsp3) is 0.611. The highest BCUT2D eigenvalue weighted by molar-refractivity contribution is 5.30. The molecule has 1 saturated carbocycles. The Labute approximate surface area is 122 Å². The van der Waals surface area contributed by atoms with Crippen molar-refractivity contribution in [2.24, 2.45) is 11.8 Å². The van der Waals surface area contributed by atoms with E-state index in [1.54, 1.807) is 0 Å². The maximum atomic E-state index is 9.31. The predicted octanol–water partition coefficient (Wildman–Crippen LogP) is 4.91. The van der Waals surface area contributed by atoms with Crippen molar-refractivity contribution in [2.75, 3.05) is 0 Å². The zero-order valence-corrected chi connectivity index (χ0v) is 12.8. The summed E-state index contributed by atoms with van der Waals surface area (Å²) in [7, 11) is 0. The van der Waals surface area contributed by atoms with Crippen molar-refractivity contribution >= 4 is 0 Å². The zero-order valence-electron chi connectivity index (χ0n) is 12.8. The Balaban J connectivity index is 2.10. The standard InChI is InChI=1S/C18H25NO/c1-4-14-8-9-16(12-19)18(10-14)20-17-7-5-6-15(11-17)13(2)3/h5-7,11,13-14,16,18H,4,8-10H2,1-3H3. The summed E-state index contributed by atoms with van der Waals surface area (Å²) in [5.41, 5.74) is 1.29. The molecule has 0 heterocycles. The minimum absolute atomic E-state index is 0.0421. The first-order valence-corrected chi connectivity index (χ1v) is 7.80. The molecule has 3 unspecified atom stereocenters. The molecule has 0 N–H and O–H groups in total. The van der Waals surface area contributed by atoms with Gasteiger partial charge in [-0.3, -0.25) is 0 Å². The van der Waals surface area contributed by atoms with Crippen molar-refractivity contribution in [1.82, 2.24) is 0 Å². The van der Waals surface area contributed by atoms with Crippen LogP contribution in [0, 0.1) is 23.2 Å². The molecule has 2 heteroatoms. The summed E-state index contributed by atoms with van der Waals surface area (Å²) in [5, 5.41) is 9.31. The van der Waals surface area contributed by atoms with Crippen LogP contribution in [0.2, 0.25) is 0 Å². The fourth-order valence-corrected chi connectivity index (χ4v) is 2.98. The van der Waals surface area contributed by atoms with Gasteiger partial charge in [-0.2, -0.15) is 5.26 Å². The third-order valence-corrected chi connectivity index (χ3v) is 4.46. The maximum Gasteiger partial charge on any atom is 0.120 e. The molecule has 0 radical (unpaired) electrons. The van der Waals surface area contributed by atoms with Crippen LogP contribution in [-0.2, 0) is 0 Å². The third-order valence-electron chi connectivity index (χ3n) is 4.46. The summed E-state index contributed by atoms with van der Waals surface area (Å²) in [4.78, 5) is 0. The first-order chi connectivity index (χ1) is 9.63. The topological polar surface area (TPSA) is 33.0 Å². The largest absolute Gasteiger partial charge is 0.489 e. The molecule has 1 aliphatic carbocycles. The van der Waals surface area contributed by atoms with Gasteiger partial charge in [-0.15, -0.1) is 0 Å². The lowest BCUT2D eigenvalue weighted by atomic mass is 9.79. The summed E-state index contributed by atoms with van der Waals surface area (Å²) in [6.07, 6.45) is 4.40. The Morgan fingerprint density at radius 1 is 1.35 bits per heavy atom. The van der Waals surface area contributed by atoms with Crippen molar-refractivity contribution in [3.8, 4) is 11.8 Å². The van der Waals surface area contributed by atoms with Crippen molar-refractivity contribution in [3.63, 3.8) is 0 Å². The molecule has 3 atom stereocenters. The van der Waals surface area contributed by atoms with Gasteiger partial charge in [0.05, 0.1) is 12.0 Å². The second-order valence-corrected chi connectivity index (χ2v) is 6.21. The van der Waals surface area contributed by atoms with Crippen LogP contribution in [0.1, 0.15) is 57.9 Å². The molecule has 0 aromatic heterocycles. The first-order valence-electron chi connectivity index (χ1n) is 7.80. The summed E-state index contributed by atoms with van der Waals surface area (Å²) in [6, 6.07) is 10.7. The number of nitrogens with zero attached hydrogens (tertiary/aromatic N) is 1. The highest BCUT2D eigenvalue weighted by Gasteiger charge is 2.31. The second-order valence-electron chi connectivity index (χ2n) is 6.21. The van der Waals surface area contributed by atoms with E-state index in [1.165, 1.54) is 18.4 Å². The summed E-state index contributed by atoms with van der Waals surface area (Å²) >= 11 is 0. The molecular weight excluding hydrogens is 246 g/mol. The lowest BCUT2D eigenvalue weighted by Gasteiger charge is -2.32. The first kappa shape index (κ1) is 14.9. The minimum atomic E-state index is 0.0421. The van der Waals surface area contributed by atoms with Crippen molar-refractivity contribution in [2.45, 2.75) is 58.5 Å². The lowest BCUT2D eigenvalue weighted by molar-refractivity contribution is 0.0892. The molecule has 0 aliphatic heterocycles. The minimum Gasteiger partial charge on any atom is -0.489 e. The fourth-order valence-electron chi connectivity index (χ4n) is 2.98. The molecular formula is C18H25NO. The smallest absolute Gasteiger partial charge is 0.120 e. The van der Waals surface area contributed by atoms with Gasteiger partial charge in [-0.05, 0) is 48.8 Å². The Hall–Kier alpha value is -1.49. The number of hydrogen-bond donors (Lipinski definition) is 0. The van der Waals surface area contributed by atoms with Gasteiger partial charge >= 0.3 is 0 Å². The molecule has 0 amide bonds. The van der Waals surface area contributed by atoms with Gasteiger partial charge in [0.2, 0.25) is 0 Å². The Kier molecular flexibility index (Phi) is 5.06. The number of benzene rings is 1. The Morgan fingerprint density at radius 3 is 2.80 bits per heavy atom. The average molecular weight is 271 g/mol. The van der Waals surface area contributed by atoms with Gasteiger partial charge in [0, 0.05) is 0 Å². The SMILES string of the molecule is CCC1CCC(C#N)C(Oc2cccc(C(C)C)c2)C1. The van der Waals surface area contributed by atoms with Crippen LogP contribution in [0.15, 0.2) is 24.3 Å². The van der Waals surface area contributed by atoms with E-state index in [0.29, 0.717) is 11.8 Å². The molecule has 1 aromatic rings. The van der Waals surface area contributed by atoms with E-state index in [0.717, 1.165) is 18.6 Å². The second kappa shape index (κ2) is 6.79. The van der Waals surface area contributed by atoms with Crippen molar-refractivity contribution in [1.29, 1.82) is 5.26 Å².